The van der Waals surface area contributed by atoms with Gasteiger partial charge in [-0.25, -0.2) is 4.39 Å². The third-order valence-electron chi connectivity index (χ3n) is 2.94. The van der Waals surface area contributed by atoms with E-state index in [0.29, 0.717) is 5.56 Å². The first kappa shape index (κ1) is 11.4. The summed E-state index contributed by atoms with van der Waals surface area (Å²) in [5, 5.41) is 0. The van der Waals surface area contributed by atoms with Gasteiger partial charge in [-0.1, -0.05) is 6.07 Å². The maximum atomic E-state index is 13.5. The van der Waals surface area contributed by atoms with E-state index < -0.39 is 0 Å². The van der Waals surface area contributed by atoms with Crippen LogP contribution in [0.4, 0.5) is 10.1 Å². The van der Waals surface area contributed by atoms with Gasteiger partial charge in [-0.3, -0.25) is 0 Å². The highest BCUT2D eigenvalue weighted by Gasteiger charge is 2.22. The minimum atomic E-state index is -0.135. The maximum absolute atomic E-state index is 13.5. The average molecular weight is 223 g/mol. The predicted molar refractivity (Wildman–Crippen MR) is 63.4 cm³/mol. The van der Waals surface area contributed by atoms with Crippen LogP contribution in [0.15, 0.2) is 18.2 Å². The van der Waals surface area contributed by atoms with E-state index in [-0.39, 0.29) is 18.0 Å². The summed E-state index contributed by atoms with van der Waals surface area (Å²) in [5.74, 6) is -0.135. The van der Waals surface area contributed by atoms with Gasteiger partial charge >= 0.3 is 0 Å². The SMILES string of the molecule is Cc1ccc(N2C[C@@H](C)O[C@@H](C)C2)cc1F. The van der Waals surface area contributed by atoms with Gasteiger partial charge in [-0.05, 0) is 38.5 Å². The highest BCUT2D eigenvalue weighted by molar-refractivity contribution is 5.48. The number of nitrogens with zero attached hydrogens (tertiary/aromatic N) is 1. The summed E-state index contributed by atoms with van der Waals surface area (Å²) < 4.78 is 19.1. The number of hydrogen-bond donors (Lipinski definition) is 0. The number of hydrogen-bond acceptors (Lipinski definition) is 2. The normalized spacial score (nSPS) is 25.9. The topological polar surface area (TPSA) is 12.5 Å². The lowest BCUT2D eigenvalue weighted by molar-refractivity contribution is -0.00523. The van der Waals surface area contributed by atoms with Gasteiger partial charge in [-0.2, -0.15) is 0 Å². The third kappa shape index (κ3) is 2.35. The molecule has 1 aliphatic rings. The molecule has 0 N–H and O–H groups in total. The molecule has 2 atom stereocenters. The van der Waals surface area contributed by atoms with Gasteiger partial charge in [0.1, 0.15) is 5.82 Å². The van der Waals surface area contributed by atoms with Crippen LogP contribution in [-0.4, -0.2) is 25.3 Å². The van der Waals surface area contributed by atoms with Gasteiger partial charge in [0, 0.05) is 18.8 Å². The van der Waals surface area contributed by atoms with E-state index in [9.17, 15) is 4.39 Å². The second-order valence-electron chi connectivity index (χ2n) is 4.60. The number of halogens is 1. The van der Waals surface area contributed by atoms with Gasteiger partial charge in [0.25, 0.3) is 0 Å². The fourth-order valence-corrected chi connectivity index (χ4v) is 2.17. The van der Waals surface area contributed by atoms with E-state index in [4.69, 9.17) is 4.74 Å². The van der Waals surface area contributed by atoms with Gasteiger partial charge in [0.15, 0.2) is 0 Å². The number of benzene rings is 1. The molecular formula is C13H18FNO. The van der Waals surface area contributed by atoms with Crippen LogP contribution >= 0.6 is 0 Å². The van der Waals surface area contributed by atoms with Gasteiger partial charge in [0.05, 0.1) is 12.2 Å². The molecule has 3 heteroatoms. The molecule has 0 unspecified atom stereocenters. The molecule has 1 fully saturated rings. The lowest BCUT2D eigenvalue weighted by Gasteiger charge is -2.36. The summed E-state index contributed by atoms with van der Waals surface area (Å²) in [4.78, 5) is 2.18. The van der Waals surface area contributed by atoms with Crippen LogP contribution in [0.2, 0.25) is 0 Å². The Balaban J connectivity index is 2.19. The minimum Gasteiger partial charge on any atom is -0.372 e. The molecule has 0 aromatic heterocycles. The summed E-state index contributed by atoms with van der Waals surface area (Å²) in [6.45, 7) is 7.53. The predicted octanol–water partition coefficient (Wildman–Crippen LogP) is 2.75. The maximum Gasteiger partial charge on any atom is 0.128 e. The minimum absolute atomic E-state index is 0.135. The van der Waals surface area contributed by atoms with Gasteiger partial charge in [0.2, 0.25) is 0 Å². The lowest BCUT2D eigenvalue weighted by Crippen LogP contribution is -2.45. The molecule has 1 saturated heterocycles. The van der Waals surface area contributed by atoms with Crippen molar-refractivity contribution < 1.29 is 9.13 Å². The zero-order valence-electron chi connectivity index (χ0n) is 10.0. The zero-order valence-corrected chi connectivity index (χ0v) is 10.0. The molecule has 2 rings (SSSR count). The molecule has 0 amide bonds. The smallest absolute Gasteiger partial charge is 0.128 e. The fourth-order valence-electron chi connectivity index (χ4n) is 2.17. The molecule has 0 spiro atoms. The highest BCUT2D eigenvalue weighted by Crippen LogP contribution is 2.22. The fraction of sp³-hybridized carbons (Fsp3) is 0.538. The van der Waals surface area contributed by atoms with Crippen LogP contribution < -0.4 is 4.90 Å². The molecular weight excluding hydrogens is 205 g/mol. The van der Waals surface area contributed by atoms with Crippen molar-refractivity contribution in [2.75, 3.05) is 18.0 Å². The first-order valence-electron chi connectivity index (χ1n) is 5.73. The zero-order chi connectivity index (χ0) is 11.7. The van der Waals surface area contributed by atoms with Crippen molar-refractivity contribution >= 4 is 5.69 Å². The molecule has 2 nitrogen and oxygen atoms in total. The third-order valence-corrected chi connectivity index (χ3v) is 2.94. The quantitative estimate of drug-likeness (QED) is 0.726. The monoisotopic (exact) mass is 223 g/mol. The highest BCUT2D eigenvalue weighted by atomic mass is 19.1. The van der Waals surface area contributed by atoms with E-state index in [0.717, 1.165) is 18.8 Å². The largest absolute Gasteiger partial charge is 0.372 e. The first-order valence-corrected chi connectivity index (χ1v) is 5.73. The summed E-state index contributed by atoms with van der Waals surface area (Å²) in [6.07, 6.45) is 0.404. The Labute approximate surface area is 96.0 Å². The van der Waals surface area contributed by atoms with Crippen molar-refractivity contribution in [3.05, 3.63) is 29.6 Å². The second kappa shape index (κ2) is 4.42. The Morgan fingerprint density at radius 1 is 1.25 bits per heavy atom. The Morgan fingerprint density at radius 2 is 1.88 bits per heavy atom. The summed E-state index contributed by atoms with van der Waals surface area (Å²) in [5.41, 5.74) is 1.64. The number of rotatable bonds is 1. The average Bonchev–Trinajstić information content (AvgIpc) is 2.20. The van der Waals surface area contributed by atoms with Crippen LogP contribution in [0.5, 0.6) is 0 Å². The van der Waals surface area contributed by atoms with Gasteiger partial charge in [-0.15, -0.1) is 0 Å². The van der Waals surface area contributed by atoms with Crippen LogP contribution in [0.1, 0.15) is 19.4 Å². The Morgan fingerprint density at radius 3 is 2.44 bits per heavy atom. The van der Waals surface area contributed by atoms with E-state index >= 15 is 0 Å². The Bertz CT molecular complexity index is 370. The van der Waals surface area contributed by atoms with Crippen molar-refractivity contribution in [2.24, 2.45) is 0 Å². The van der Waals surface area contributed by atoms with Crippen molar-refractivity contribution in [1.82, 2.24) is 0 Å². The van der Waals surface area contributed by atoms with E-state index in [1.807, 2.05) is 26.0 Å². The lowest BCUT2D eigenvalue weighted by atomic mass is 10.1. The number of morpholine rings is 1. The number of anilines is 1. The molecule has 16 heavy (non-hydrogen) atoms. The molecule has 0 bridgehead atoms. The molecule has 1 heterocycles. The summed E-state index contributed by atoms with van der Waals surface area (Å²) in [6, 6.07) is 5.42. The summed E-state index contributed by atoms with van der Waals surface area (Å²) in [7, 11) is 0. The standard InChI is InChI=1S/C13H18FNO/c1-9-4-5-12(6-13(9)14)15-7-10(2)16-11(3)8-15/h4-6,10-11H,7-8H2,1-3H3/t10-,11+. The molecule has 0 saturated carbocycles. The molecule has 1 aromatic rings. The van der Waals surface area contributed by atoms with Crippen LogP contribution in [-0.2, 0) is 4.74 Å². The van der Waals surface area contributed by atoms with E-state index in [1.54, 1.807) is 13.0 Å². The molecule has 1 aromatic carbocycles. The van der Waals surface area contributed by atoms with Crippen molar-refractivity contribution in [2.45, 2.75) is 33.0 Å². The van der Waals surface area contributed by atoms with Gasteiger partial charge < -0.3 is 9.64 Å². The van der Waals surface area contributed by atoms with Crippen LogP contribution in [0.25, 0.3) is 0 Å². The number of ether oxygens (including phenoxy) is 1. The molecule has 1 aliphatic heterocycles. The Hall–Kier alpha value is -1.09. The molecule has 88 valence electrons. The van der Waals surface area contributed by atoms with Crippen molar-refractivity contribution in [1.29, 1.82) is 0 Å². The van der Waals surface area contributed by atoms with E-state index in [1.165, 1.54) is 0 Å². The first-order chi connectivity index (χ1) is 7.56. The van der Waals surface area contributed by atoms with Crippen LogP contribution in [0, 0.1) is 12.7 Å². The van der Waals surface area contributed by atoms with Crippen LogP contribution in [0.3, 0.4) is 0 Å². The van der Waals surface area contributed by atoms with Crippen molar-refractivity contribution in [3.63, 3.8) is 0 Å². The van der Waals surface area contributed by atoms with E-state index in [2.05, 4.69) is 4.90 Å². The van der Waals surface area contributed by atoms with Crippen molar-refractivity contribution in [3.8, 4) is 0 Å². The number of aryl methyl sites for hydroxylation is 1. The summed E-state index contributed by atoms with van der Waals surface area (Å²) >= 11 is 0. The molecule has 0 aliphatic carbocycles. The Kier molecular flexibility index (Phi) is 3.15. The second-order valence-corrected chi connectivity index (χ2v) is 4.60. The molecule has 0 radical (unpaired) electrons.